The van der Waals surface area contributed by atoms with Crippen LogP contribution in [-0.2, 0) is 6.54 Å². The number of amides is 2. The average molecular weight is 390 g/mol. The highest BCUT2D eigenvalue weighted by Crippen LogP contribution is 2.19. The van der Waals surface area contributed by atoms with Gasteiger partial charge in [-0.25, -0.2) is 4.98 Å². The Morgan fingerprint density at radius 1 is 1.30 bits per heavy atom. The molecule has 0 unspecified atom stereocenters. The second-order valence-electron chi connectivity index (χ2n) is 6.59. The fraction of sp³-hybridized carbons (Fsp3) is 0.389. The number of nitro groups is 1. The van der Waals surface area contributed by atoms with Crippen molar-refractivity contribution in [2.75, 3.05) is 0 Å². The van der Waals surface area contributed by atoms with Gasteiger partial charge in [0, 0.05) is 35.2 Å². The zero-order valence-corrected chi connectivity index (χ0v) is 16.4. The number of carbonyl (C=O) groups excluding carboxylic acids is 2. The molecular weight excluding hydrogens is 368 g/mol. The number of rotatable bonds is 7. The van der Waals surface area contributed by atoms with Crippen molar-refractivity contribution in [2.24, 2.45) is 0 Å². The molecule has 0 saturated heterocycles. The summed E-state index contributed by atoms with van der Waals surface area (Å²) in [5, 5.41) is 16.0. The van der Waals surface area contributed by atoms with Crippen LogP contribution >= 0.6 is 11.3 Å². The van der Waals surface area contributed by atoms with Gasteiger partial charge in [-0.2, -0.15) is 0 Å². The van der Waals surface area contributed by atoms with E-state index < -0.39 is 4.92 Å². The molecule has 2 amide bonds. The SMILES string of the molecule is CC(C)NC(=O)c1csc(CN(C(=O)c2cccc([N+](=O)[O-])c2)C(C)C)n1. The van der Waals surface area contributed by atoms with Crippen LogP contribution in [0.2, 0.25) is 0 Å². The number of nitrogens with zero attached hydrogens (tertiary/aromatic N) is 3. The summed E-state index contributed by atoms with van der Waals surface area (Å²) in [6.07, 6.45) is 0. The van der Waals surface area contributed by atoms with Gasteiger partial charge in [-0.15, -0.1) is 11.3 Å². The van der Waals surface area contributed by atoms with E-state index in [1.54, 1.807) is 16.3 Å². The first-order valence-electron chi connectivity index (χ1n) is 8.49. The van der Waals surface area contributed by atoms with Crippen molar-refractivity contribution in [3.05, 3.63) is 56.0 Å². The number of nitro benzene ring substituents is 1. The molecule has 2 rings (SSSR count). The number of nitrogens with one attached hydrogen (secondary N) is 1. The van der Waals surface area contributed by atoms with E-state index in [2.05, 4.69) is 10.3 Å². The normalized spacial score (nSPS) is 10.9. The van der Waals surface area contributed by atoms with Crippen LogP contribution in [0.15, 0.2) is 29.6 Å². The summed E-state index contributed by atoms with van der Waals surface area (Å²) in [6, 6.07) is 5.51. The molecule has 27 heavy (non-hydrogen) atoms. The van der Waals surface area contributed by atoms with Crippen molar-refractivity contribution >= 4 is 28.8 Å². The zero-order valence-electron chi connectivity index (χ0n) is 15.6. The van der Waals surface area contributed by atoms with E-state index >= 15 is 0 Å². The summed E-state index contributed by atoms with van der Waals surface area (Å²) in [4.78, 5) is 41.2. The number of aromatic nitrogens is 1. The molecule has 1 N–H and O–H groups in total. The van der Waals surface area contributed by atoms with Crippen molar-refractivity contribution in [1.82, 2.24) is 15.2 Å². The van der Waals surface area contributed by atoms with E-state index in [1.807, 2.05) is 27.7 Å². The van der Waals surface area contributed by atoms with Crippen LogP contribution in [0.4, 0.5) is 5.69 Å². The molecule has 0 fully saturated rings. The van der Waals surface area contributed by atoms with Crippen LogP contribution in [0.1, 0.15) is 53.5 Å². The minimum absolute atomic E-state index is 0.00487. The number of hydrogen-bond acceptors (Lipinski definition) is 6. The van der Waals surface area contributed by atoms with Crippen molar-refractivity contribution in [3.8, 4) is 0 Å². The van der Waals surface area contributed by atoms with Crippen LogP contribution in [-0.4, -0.2) is 38.7 Å². The summed E-state index contributed by atoms with van der Waals surface area (Å²) in [5.74, 6) is -0.578. The fourth-order valence-electron chi connectivity index (χ4n) is 2.38. The fourth-order valence-corrected chi connectivity index (χ4v) is 3.15. The van der Waals surface area contributed by atoms with E-state index in [0.29, 0.717) is 10.7 Å². The highest BCUT2D eigenvalue weighted by molar-refractivity contribution is 7.09. The van der Waals surface area contributed by atoms with Crippen LogP contribution < -0.4 is 5.32 Å². The molecule has 9 heteroatoms. The Hall–Kier alpha value is -2.81. The number of non-ortho nitro benzene ring substituents is 1. The smallest absolute Gasteiger partial charge is 0.270 e. The third kappa shape index (κ3) is 5.33. The number of thiazole rings is 1. The van der Waals surface area contributed by atoms with Crippen LogP contribution in [0, 0.1) is 10.1 Å². The Morgan fingerprint density at radius 2 is 2.00 bits per heavy atom. The highest BCUT2D eigenvalue weighted by Gasteiger charge is 2.23. The summed E-state index contributed by atoms with van der Waals surface area (Å²) < 4.78 is 0. The molecule has 144 valence electrons. The van der Waals surface area contributed by atoms with Crippen molar-refractivity contribution in [1.29, 1.82) is 0 Å². The summed E-state index contributed by atoms with van der Waals surface area (Å²) in [5.41, 5.74) is 0.425. The molecule has 1 aromatic heterocycles. The first-order chi connectivity index (χ1) is 12.7. The maximum atomic E-state index is 12.9. The van der Waals surface area contributed by atoms with Gasteiger partial charge in [-0.05, 0) is 33.8 Å². The van der Waals surface area contributed by atoms with Crippen molar-refractivity contribution < 1.29 is 14.5 Å². The van der Waals surface area contributed by atoms with Crippen LogP contribution in [0.3, 0.4) is 0 Å². The molecule has 0 atom stereocenters. The molecule has 0 aliphatic rings. The maximum Gasteiger partial charge on any atom is 0.270 e. The molecule has 2 aromatic rings. The molecule has 0 aliphatic carbocycles. The molecule has 0 radical (unpaired) electrons. The summed E-state index contributed by atoms with van der Waals surface area (Å²) in [7, 11) is 0. The Kier molecular flexibility index (Phi) is 6.62. The monoisotopic (exact) mass is 390 g/mol. The standard InChI is InChI=1S/C18H22N4O4S/c1-11(2)19-17(23)15-10-27-16(20-15)9-21(12(3)4)18(24)13-6-5-7-14(8-13)22(25)26/h5-8,10-12H,9H2,1-4H3,(H,19,23). The lowest BCUT2D eigenvalue weighted by molar-refractivity contribution is -0.384. The van der Waals surface area contributed by atoms with E-state index in [4.69, 9.17) is 0 Å². The van der Waals surface area contributed by atoms with E-state index in [9.17, 15) is 19.7 Å². The Balaban J connectivity index is 2.20. The van der Waals surface area contributed by atoms with E-state index in [1.165, 1.54) is 29.5 Å². The predicted octanol–water partition coefficient (Wildman–Crippen LogP) is 3.24. The third-order valence-corrected chi connectivity index (χ3v) is 4.53. The quantitative estimate of drug-likeness (QED) is 0.577. The topological polar surface area (TPSA) is 105 Å². The largest absolute Gasteiger partial charge is 0.349 e. The lowest BCUT2D eigenvalue weighted by Crippen LogP contribution is -2.36. The number of hydrogen-bond donors (Lipinski definition) is 1. The molecule has 8 nitrogen and oxygen atoms in total. The van der Waals surface area contributed by atoms with Crippen molar-refractivity contribution in [3.63, 3.8) is 0 Å². The van der Waals surface area contributed by atoms with E-state index in [-0.39, 0.29) is 41.7 Å². The molecule has 1 heterocycles. The molecule has 0 saturated carbocycles. The second-order valence-corrected chi connectivity index (χ2v) is 7.53. The van der Waals surface area contributed by atoms with Crippen LogP contribution in [0.25, 0.3) is 0 Å². The second kappa shape index (κ2) is 8.72. The van der Waals surface area contributed by atoms with Gasteiger partial charge < -0.3 is 10.2 Å². The van der Waals surface area contributed by atoms with Crippen LogP contribution in [0.5, 0.6) is 0 Å². The lowest BCUT2D eigenvalue weighted by atomic mass is 10.1. The van der Waals surface area contributed by atoms with Gasteiger partial charge in [0.15, 0.2) is 0 Å². The minimum Gasteiger partial charge on any atom is -0.349 e. The van der Waals surface area contributed by atoms with E-state index in [0.717, 1.165) is 0 Å². The molecule has 0 bridgehead atoms. The average Bonchev–Trinajstić information content (AvgIpc) is 3.07. The van der Waals surface area contributed by atoms with Gasteiger partial charge in [0.1, 0.15) is 10.7 Å². The van der Waals surface area contributed by atoms with Gasteiger partial charge >= 0.3 is 0 Å². The van der Waals surface area contributed by atoms with Crippen molar-refractivity contribution in [2.45, 2.75) is 46.3 Å². The molecule has 0 aliphatic heterocycles. The Bertz CT molecular complexity index is 847. The van der Waals surface area contributed by atoms with Gasteiger partial charge in [-0.3, -0.25) is 19.7 Å². The third-order valence-electron chi connectivity index (χ3n) is 3.70. The number of benzene rings is 1. The van der Waals surface area contributed by atoms with Gasteiger partial charge in [0.25, 0.3) is 17.5 Å². The summed E-state index contributed by atoms with van der Waals surface area (Å²) in [6.45, 7) is 7.66. The van der Waals surface area contributed by atoms with Gasteiger partial charge in [-0.1, -0.05) is 6.07 Å². The maximum absolute atomic E-state index is 12.9. The Morgan fingerprint density at radius 3 is 2.59 bits per heavy atom. The van der Waals surface area contributed by atoms with Gasteiger partial charge in [0.2, 0.25) is 0 Å². The lowest BCUT2D eigenvalue weighted by Gasteiger charge is -2.25. The first-order valence-corrected chi connectivity index (χ1v) is 9.37. The molecule has 1 aromatic carbocycles. The minimum atomic E-state index is -0.531. The number of carbonyl (C=O) groups is 2. The highest BCUT2D eigenvalue weighted by atomic mass is 32.1. The molecular formula is C18H22N4O4S. The Labute approximate surface area is 161 Å². The van der Waals surface area contributed by atoms with Gasteiger partial charge in [0.05, 0.1) is 11.5 Å². The predicted molar refractivity (Wildman–Crippen MR) is 103 cm³/mol. The first kappa shape index (κ1) is 20.5. The zero-order chi connectivity index (χ0) is 20.1. The summed E-state index contributed by atoms with van der Waals surface area (Å²) >= 11 is 1.30. The molecule has 0 spiro atoms.